The number of thioether (sulfide) groups is 1. The van der Waals surface area contributed by atoms with Crippen molar-refractivity contribution in [3.63, 3.8) is 0 Å². The molecular weight excluding hydrogens is 418 g/mol. The maximum atomic E-state index is 12.6. The number of aromatic nitrogens is 3. The molecule has 0 bridgehead atoms. The molecule has 0 radical (unpaired) electrons. The third kappa shape index (κ3) is 4.13. The van der Waals surface area contributed by atoms with Crippen LogP contribution in [0.5, 0.6) is 0 Å². The summed E-state index contributed by atoms with van der Waals surface area (Å²) in [7, 11) is 0. The SMILES string of the molecule is Cc1ccc(-n2c(C)nnc2SCC(=O)Nc2sc3c(c2C(N)=O)CCCC3)cc1. The highest BCUT2D eigenvalue weighted by Gasteiger charge is 2.25. The number of amides is 2. The van der Waals surface area contributed by atoms with Gasteiger partial charge in [-0.05, 0) is 57.2 Å². The molecule has 1 aliphatic carbocycles. The molecule has 7 nitrogen and oxygen atoms in total. The van der Waals surface area contributed by atoms with Crippen molar-refractivity contribution < 1.29 is 9.59 Å². The van der Waals surface area contributed by atoms with Crippen molar-refractivity contribution in [1.29, 1.82) is 0 Å². The van der Waals surface area contributed by atoms with Crippen LogP contribution in [-0.2, 0) is 17.6 Å². The molecule has 0 atom stereocenters. The number of nitrogens with two attached hydrogens (primary N) is 1. The first-order chi connectivity index (χ1) is 14.4. The number of nitrogens with one attached hydrogen (secondary N) is 1. The Morgan fingerprint density at radius 2 is 1.90 bits per heavy atom. The quantitative estimate of drug-likeness (QED) is 0.568. The van der Waals surface area contributed by atoms with E-state index in [-0.39, 0.29) is 11.7 Å². The molecule has 4 rings (SSSR count). The molecule has 0 unspecified atom stereocenters. The van der Waals surface area contributed by atoms with Crippen LogP contribution in [-0.4, -0.2) is 32.3 Å². The Kier molecular flexibility index (Phi) is 5.92. The first kappa shape index (κ1) is 20.6. The predicted molar refractivity (Wildman–Crippen MR) is 120 cm³/mol. The number of hydrogen-bond donors (Lipinski definition) is 2. The number of carbonyl (C=O) groups excluding carboxylic acids is 2. The number of thiophene rings is 1. The number of primary amides is 1. The molecule has 0 aliphatic heterocycles. The first-order valence-electron chi connectivity index (χ1n) is 9.80. The Bertz CT molecular complexity index is 1100. The van der Waals surface area contributed by atoms with Gasteiger partial charge >= 0.3 is 0 Å². The largest absolute Gasteiger partial charge is 0.365 e. The summed E-state index contributed by atoms with van der Waals surface area (Å²) in [6, 6.07) is 8.07. The molecular formula is C21H23N5O2S2. The van der Waals surface area contributed by atoms with Crippen molar-refractivity contribution >= 4 is 39.9 Å². The van der Waals surface area contributed by atoms with Gasteiger partial charge in [0.25, 0.3) is 5.91 Å². The second-order valence-electron chi connectivity index (χ2n) is 7.32. The smallest absolute Gasteiger partial charge is 0.251 e. The molecule has 2 amide bonds. The monoisotopic (exact) mass is 441 g/mol. The summed E-state index contributed by atoms with van der Waals surface area (Å²) in [5, 5.41) is 12.5. The molecule has 3 aromatic rings. The van der Waals surface area contributed by atoms with E-state index in [0.29, 0.717) is 15.7 Å². The number of fused-ring (bicyclic) bond motifs is 1. The number of anilines is 1. The lowest BCUT2D eigenvalue weighted by Crippen LogP contribution is -2.19. The normalized spacial score (nSPS) is 13.1. The number of benzene rings is 1. The van der Waals surface area contributed by atoms with E-state index in [9.17, 15) is 9.59 Å². The van der Waals surface area contributed by atoms with Crippen molar-refractivity contribution in [2.45, 2.75) is 44.7 Å². The zero-order valence-electron chi connectivity index (χ0n) is 16.9. The summed E-state index contributed by atoms with van der Waals surface area (Å²) in [6.07, 6.45) is 3.92. The summed E-state index contributed by atoms with van der Waals surface area (Å²) < 4.78 is 1.93. The lowest BCUT2D eigenvalue weighted by atomic mass is 9.95. The van der Waals surface area contributed by atoms with Crippen LogP contribution >= 0.6 is 23.1 Å². The number of hydrogen-bond acceptors (Lipinski definition) is 6. The lowest BCUT2D eigenvalue weighted by Gasteiger charge is -2.11. The number of nitrogens with zero attached hydrogens (tertiary/aromatic N) is 3. The van der Waals surface area contributed by atoms with Crippen molar-refractivity contribution in [2.75, 3.05) is 11.1 Å². The fourth-order valence-corrected chi connectivity index (χ4v) is 5.74. The summed E-state index contributed by atoms with van der Waals surface area (Å²) in [4.78, 5) is 25.8. The number of rotatable bonds is 6. The Morgan fingerprint density at radius 3 is 2.63 bits per heavy atom. The van der Waals surface area contributed by atoms with E-state index >= 15 is 0 Å². The van der Waals surface area contributed by atoms with Crippen molar-refractivity contribution in [1.82, 2.24) is 14.8 Å². The Morgan fingerprint density at radius 1 is 1.17 bits per heavy atom. The Hall–Kier alpha value is -2.65. The molecule has 156 valence electrons. The molecule has 9 heteroatoms. The molecule has 3 N–H and O–H groups in total. The van der Waals surface area contributed by atoms with Crippen LogP contribution in [0.2, 0.25) is 0 Å². The van der Waals surface area contributed by atoms with Crippen LogP contribution in [0.25, 0.3) is 5.69 Å². The van der Waals surface area contributed by atoms with Gasteiger partial charge in [0.1, 0.15) is 10.8 Å². The van der Waals surface area contributed by atoms with Gasteiger partial charge in [-0.15, -0.1) is 21.5 Å². The predicted octanol–water partition coefficient (Wildman–Crippen LogP) is 3.65. The van der Waals surface area contributed by atoms with E-state index in [1.165, 1.54) is 28.7 Å². The van der Waals surface area contributed by atoms with Crippen LogP contribution < -0.4 is 11.1 Å². The zero-order valence-corrected chi connectivity index (χ0v) is 18.5. The van der Waals surface area contributed by atoms with Gasteiger partial charge < -0.3 is 11.1 Å². The highest BCUT2D eigenvalue weighted by atomic mass is 32.2. The minimum absolute atomic E-state index is 0.158. The van der Waals surface area contributed by atoms with Gasteiger partial charge in [-0.1, -0.05) is 29.5 Å². The summed E-state index contributed by atoms with van der Waals surface area (Å²) >= 11 is 2.78. The Labute approximate surface area is 183 Å². The van der Waals surface area contributed by atoms with Crippen molar-refractivity contribution in [3.8, 4) is 5.69 Å². The van der Waals surface area contributed by atoms with E-state index in [1.807, 2.05) is 42.7 Å². The second-order valence-corrected chi connectivity index (χ2v) is 9.36. The van der Waals surface area contributed by atoms with Crippen LogP contribution in [0.3, 0.4) is 0 Å². The summed E-state index contributed by atoms with van der Waals surface area (Å²) in [6.45, 7) is 3.91. The van der Waals surface area contributed by atoms with Gasteiger partial charge in [-0.25, -0.2) is 0 Å². The highest BCUT2D eigenvalue weighted by molar-refractivity contribution is 7.99. The molecule has 0 spiro atoms. The van der Waals surface area contributed by atoms with E-state index < -0.39 is 5.91 Å². The van der Waals surface area contributed by atoms with Gasteiger partial charge in [0, 0.05) is 10.6 Å². The average molecular weight is 442 g/mol. The van der Waals surface area contributed by atoms with Crippen LogP contribution in [0, 0.1) is 13.8 Å². The van der Waals surface area contributed by atoms with Gasteiger partial charge in [0.05, 0.1) is 11.3 Å². The number of carbonyl (C=O) groups is 2. The third-order valence-electron chi connectivity index (χ3n) is 5.09. The Balaban J connectivity index is 1.49. The van der Waals surface area contributed by atoms with Crippen LogP contribution in [0.15, 0.2) is 29.4 Å². The van der Waals surface area contributed by atoms with Gasteiger partial charge in [-0.3, -0.25) is 14.2 Å². The first-order valence-corrected chi connectivity index (χ1v) is 11.6. The van der Waals surface area contributed by atoms with E-state index in [0.717, 1.165) is 47.6 Å². The minimum atomic E-state index is -0.480. The van der Waals surface area contributed by atoms with Crippen molar-refractivity contribution in [2.24, 2.45) is 5.73 Å². The molecule has 0 saturated carbocycles. The molecule has 0 saturated heterocycles. The maximum Gasteiger partial charge on any atom is 0.251 e. The number of aryl methyl sites for hydroxylation is 3. The fourth-order valence-electron chi connectivity index (χ4n) is 3.63. The highest BCUT2D eigenvalue weighted by Crippen LogP contribution is 2.38. The molecule has 30 heavy (non-hydrogen) atoms. The van der Waals surface area contributed by atoms with Crippen LogP contribution in [0.4, 0.5) is 5.00 Å². The van der Waals surface area contributed by atoms with E-state index in [1.54, 1.807) is 0 Å². The van der Waals surface area contributed by atoms with Gasteiger partial charge in [0.15, 0.2) is 5.16 Å². The minimum Gasteiger partial charge on any atom is -0.365 e. The van der Waals surface area contributed by atoms with Crippen molar-refractivity contribution in [3.05, 3.63) is 51.7 Å². The fraction of sp³-hybridized carbons (Fsp3) is 0.333. The molecule has 1 aliphatic rings. The van der Waals surface area contributed by atoms with E-state index in [2.05, 4.69) is 15.5 Å². The van der Waals surface area contributed by atoms with Gasteiger partial charge in [0.2, 0.25) is 5.91 Å². The topological polar surface area (TPSA) is 103 Å². The standard InChI is InChI=1S/C21H23N5O2S2/c1-12-7-9-14(10-8-12)26-13(2)24-25-21(26)29-11-17(27)23-20-18(19(22)28)15-5-3-4-6-16(15)30-20/h7-10H,3-6,11H2,1-2H3,(H2,22,28)(H,23,27). The zero-order chi connectivity index (χ0) is 21.3. The second kappa shape index (κ2) is 8.61. The average Bonchev–Trinajstić information content (AvgIpc) is 3.27. The molecule has 2 heterocycles. The third-order valence-corrected chi connectivity index (χ3v) is 7.23. The summed E-state index contributed by atoms with van der Waals surface area (Å²) in [5.74, 6) is 0.234. The van der Waals surface area contributed by atoms with Gasteiger partial charge in [-0.2, -0.15) is 0 Å². The maximum absolute atomic E-state index is 12.6. The lowest BCUT2D eigenvalue weighted by molar-refractivity contribution is -0.113. The molecule has 0 fully saturated rings. The van der Waals surface area contributed by atoms with Crippen LogP contribution in [0.1, 0.15) is 45.0 Å². The molecule has 2 aromatic heterocycles. The summed E-state index contributed by atoms with van der Waals surface area (Å²) in [5.41, 5.74) is 9.22. The van der Waals surface area contributed by atoms with E-state index in [4.69, 9.17) is 5.73 Å². The molecule has 1 aromatic carbocycles.